The normalized spacial score (nSPS) is 18.5. The van der Waals surface area contributed by atoms with Gasteiger partial charge < -0.3 is 19.9 Å². The fraction of sp³-hybridized carbons (Fsp3) is 0.571. The van der Waals surface area contributed by atoms with E-state index in [1.807, 2.05) is 0 Å². The molecule has 4 nitrogen and oxygen atoms in total. The van der Waals surface area contributed by atoms with E-state index in [2.05, 4.69) is 10.1 Å². The minimum absolute atomic E-state index is 0.0847. The quantitative estimate of drug-likeness (QED) is 0.876. The monoisotopic (exact) mass is 305 g/mol. The minimum Gasteiger partial charge on any atom is -0.405 e. The second kappa shape index (κ2) is 6.64. The van der Waals surface area contributed by atoms with Crippen molar-refractivity contribution in [3.63, 3.8) is 0 Å². The Bertz CT molecular complexity index is 459. The van der Waals surface area contributed by atoms with Gasteiger partial charge in [-0.1, -0.05) is 18.2 Å². The lowest BCUT2D eigenvalue weighted by atomic mass is 9.90. The molecular formula is C14H18F3NO3. The summed E-state index contributed by atoms with van der Waals surface area (Å²) in [5.74, 6) is -0.224. The summed E-state index contributed by atoms with van der Waals surface area (Å²) in [6.45, 7) is 1.15. The molecule has 0 spiro atoms. The molecule has 2 N–H and O–H groups in total. The molecule has 1 saturated heterocycles. The van der Waals surface area contributed by atoms with Crippen molar-refractivity contribution in [2.75, 3.05) is 19.8 Å². The van der Waals surface area contributed by atoms with Crippen LogP contribution in [0.3, 0.4) is 0 Å². The number of hydrogen-bond donors (Lipinski definition) is 2. The first-order chi connectivity index (χ1) is 9.94. The maximum atomic E-state index is 12.4. The molecule has 21 heavy (non-hydrogen) atoms. The molecule has 1 aromatic carbocycles. The number of hydrogen-bond acceptors (Lipinski definition) is 4. The molecule has 0 saturated carbocycles. The molecule has 2 rings (SSSR count). The van der Waals surface area contributed by atoms with Gasteiger partial charge >= 0.3 is 6.36 Å². The van der Waals surface area contributed by atoms with E-state index in [-0.39, 0.29) is 18.9 Å². The molecule has 0 unspecified atom stereocenters. The van der Waals surface area contributed by atoms with E-state index in [0.29, 0.717) is 31.6 Å². The van der Waals surface area contributed by atoms with E-state index in [0.717, 1.165) is 0 Å². The van der Waals surface area contributed by atoms with Gasteiger partial charge in [-0.3, -0.25) is 0 Å². The third kappa shape index (κ3) is 4.59. The Morgan fingerprint density at radius 2 is 1.90 bits per heavy atom. The van der Waals surface area contributed by atoms with Gasteiger partial charge in [0.2, 0.25) is 0 Å². The Hall–Kier alpha value is -1.31. The molecule has 0 radical (unpaired) electrons. The molecule has 1 fully saturated rings. The van der Waals surface area contributed by atoms with Crippen LogP contribution in [-0.2, 0) is 11.3 Å². The molecule has 0 atom stereocenters. The number of nitrogens with one attached hydrogen (secondary N) is 1. The Morgan fingerprint density at radius 3 is 2.52 bits per heavy atom. The van der Waals surface area contributed by atoms with Crippen molar-refractivity contribution in [1.82, 2.24) is 5.32 Å². The van der Waals surface area contributed by atoms with Gasteiger partial charge in [0, 0.05) is 30.9 Å². The SMILES string of the molecule is OCC1(NCc2ccccc2OC(F)(F)F)CCOCC1. The first-order valence-electron chi connectivity index (χ1n) is 6.71. The summed E-state index contributed by atoms with van der Waals surface area (Å²) in [7, 11) is 0. The van der Waals surface area contributed by atoms with Gasteiger partial charge in [0.1, 0.15) is 5.75 Å². The van der Waals surface area contributed by atoms with Crippen LogP contribution in [0.15, 0.2) is 24.3 Å². The van der Waals surface area contributed by atoms with Crippen LogP contribution >= 0.6 is 0 Å². The van der Waals surface area contributed by atoms with Crippen LogP contribution in [0.25, 0.3) is 0 Å². The standard InChI is InChI=1S/C14H18F3NO3/c15-14(16,17)21-12-4-2-1-3-11(12)9-18-13(10-19)5-7-20-8-6-13/h1-4,18-19H,5-10H2. The predicted octanol–water partition coefficient (Wildman–Crippen LogP) is 2.22. The molecule has 1 heterocycles. The minimum atomic E-state index is -4.72. The zero-order chi connectivity index (χ0) is 15.3. The molecule has 0 amide bonds. The van der Waals surface area contributed by atoms with E-state index in [1.165, 1.54) is 12.1 Å². The first kappa shape index (κ1) is 16.1. The van der Waals surface area contributed by atoms with Crippen LogP contribution < -0.4 is 10.1 Å². The molecule has 1 aromatic rings. The molecule has 0 aliphatic carbocycles. The molecular weight excluding hydrogens is 287 g/mol. The van der Waals surface area contributed by atoms with Crippen LogP contribution in [0.2, 0.25) is 0 Å². The Balaban J connectivity index is 2.05. The number of aliphatic hydroxyl groups is 1. The average Bonchev–Trinajstić information content (AvgIpc) is 2.46. The average molecular weight is 305 g/mol. The van der Waals surface area contributed by atoms with Crippen molar-refractivity contribution in [2.24, 2.45) is 0 Å². The topological polar surface area (TPSA) is 50.7 Å². The summed E-state index contributed by atoms with van der Waals surface area (Å²) in [6.07, 6.45) is -3.49. The summed E-state index contributed by atoms with van der Waals surface area (Å²) in [4.78, 5) is 0. The summed E-state index contributed by atoms with van der Waals surface area (Å²) < 4.78 is 46.3. The summed E-state index contributed by atoms with van der Waals surface area (Å²) >= 11 is 0. The van der Waals surface area contributed by atoms with Gasteiger partial charge in [-0.25, -0.2) is 0 Å². The van der Waals surface area contributed by atoms with Crippen LogP contribution in [0.1, 0.15) is 18.4 Å². The highest BCUT2D eigenvalue weighted by Crippen LogP contribution is 2.27. The zero-order valence-electron chi connectivity index (χ0n) is 11.4. The summed E-state index contributed by atoms with van der Waals surface area (Å²) in [5, 5.41) is 12.7. The maximum Gasteiger partial charge on any atom is 0.573 e. The lowest BCUT2D eigenvalue weighted by Crippen LogP contribution is -2.51. The van der Waals surface area contributed by atoms with E-state index >= 15 is 0 Å². The largest absolute Gasteiger partial charge is 0.573 e. The smallest absolute Gasteiger partial charge is 0.405 e. The second-order valence-corrected chi connectivity index (χ2v) is 5.06. The maximum absolute atomic E-state index is 12.4. The number of halogens is 3. The fourth-order valence-corrected chi connectivity index (χ4v) is 2.31. The van der Waals surface area contributed by atoms with Crippen molar-refractivity contribution in [2.45, 2.75) is 31.3 Å². The van der Waals surface area contributed by atoms with Crippen molar-refractivity contribution in [3.05, 3.63) is 29.8 Å². The van der Waals surface area contributed by atoms with Crippen LogP contribution in [0.5, 0.6) is 5.75 Å². The van der Waals surface area contributed by atoms with E-state index in [9.17, 15) is 18.3 Å². The Morgan fingerprint density at radius 1 is 1.24 bits per heavy atom. The molecule has 1 aliphatic heterocycles. The van der Waals surface area contributed by atoms with E-state index < -0.39 is 11.9 Å². The van der Waals surface area contributed by atoms with Crippen LogP contribution in [0, 0.1) is 0 Å². The van der Waals surface area contributed by atoms with Gasteiger partial charge in [-0.05, 0) is 18.9 Å². The number of aliphatic hydroxyl groups excluding tert-OH is 1. The summed E-state index contributed by atoms with van der Waals surface area (Å²) in [6, 6.07) is 5.98. The number of rotatable bonds is 5. The molecule has 0 bridgehead atoms. The molecule has 0 aromatic heterocycles. The van der Waals surface area contributed by atoms with Gasteiger partial charge in [-0.2, -0.15) is 0 Å². The van der Waals surface area contributed by atoms with Gasteiger partial charge in [0.15, 0.2) is 0 Å². The van der Waals surface area contributed by atoms with E-state index in [1.54, 1.807) is 12.1 Å². The van der Waals surface area contributed by atoms with Crippen molar-refractivity contribution in [1.29, 1.82) is 0 Å². The Kier molecular flexibility index (Phi) is 5.08. The van der Waals surface area contributed by atoms with Gasteiger partial charge in [-0.15, -0.1) is 13.2 Å². The second-order valence-electron chi connectivity index (χ2n) is 5.06. The summed E-state index contributed by atoms with van der Waals surface area (Å²) in [5.41, 5.74) is -0.113. The molecule has 7 heteroatoms. The fourth-order valence-electron chi connectivity index (χ4n) is 2.31. The highest BCUT2D eigenvalue weighted by atomic mass is 19.4. The number of benzene rings is 1. The third-order valence-electron chi connectivity index (χ3n) is 3.60. The number of alkyl halides is 3. The highest BCUT2D eigenvalue weighted by molar-refractivity contribution is 5.33. The molecule has 118 valence electrons. The Labute approximate surface area is 120 Å². The van der Waals surface area contributed by atoms with E-state index in [4.69, 9.17) is 4.74 Å². The predicted molar refractivity (Wildman–Crippen MR) is 69.8 cm³/mol. The number of ether oxygens (including phenoxy) is 2. The molecule has 1 aliphatic rings. The van der Waals surface area contributed by atoms with Crippen LogP contribution in [-0.4, -0.2) is 36.8 Å². The van der Waals surface area contributed by atoms with Crippen LogP contribution in [0.4, 0.5) is 13.2 Å². The van der Waals surface area contributed by atoms with Gasteiger partial charge in [0.05, 0.1) is 6.61 Å². The van der Waals surface area contributed by atoms with Crippen molar-refractivity contribution in [3.8, 4) is 5.75 Å². The number of para-hydroxylation sites is 1. The van der Waals surface area contributed by atoms with Crippen molar-refractivity contribution >= 4 is 0 Å². The van der Waals surface area contributed by atoms with Gasteiger partial charge in [0.25, 0.3) is 0 Å². The lowest BCUT2D eigenvalue weighted by molar-refractivity contribution is -0.274. The first-order valence-corrected chi connectivity index (χ1v) is 6.71. The highest BCUT2D eigenvalue weighted by Gasteiger charge is 2.33. The zero-order valence-corrected chi connectivity index (χ0v) is 11.4. The third-order valence-corrected chi connectivity index (χ3v) is 3.60. The lowest BCUT2D eigenvalue weighted by Gasteiger charge is -2.36. The van der Waals surface area contributed by atoms with Crippen molar-refractivity contribution < 1.29 is 27.8 Å².